The van der Waals surface area contributed by atoms with Crippen LogP contribution in [0.2, 0.25) is 0 Å². The first kappa shape index (κ1) is 20.2. The fourth-order valence-electron chi connectivity index (χ4n) is 3.42. The zero-order valence-electron chi connectivity index (χ0n) is 17.0. The Balaban J connectivity index is 1.52. The number of hydrogen-bond acceptors (Lipinski definition) is 4. The maximum atomic E-state index is 13.0. The topological polar surface area (TPSA) is 68.4 Å². The van der Waals surface area contributed by atoms with Crippen LogP contribution in [0.4, 0.5) is 0 Å². The number of aromatic amines is 1. The van der Waals surface area contributed by atoms with Gasteiger partial charge < -0.3 is 14.5 Å². The number of ether oxygens (including phenoxy) is 2. The zero-order valence-corrected chi connectivity index (χ0v) is 17.0. The Morgan fingerprint density at radius 1 is 0.935 bits per heavy atom. The van der Waals surface area contributed by atoms with E-state index in [1.165, 1.54) is 6.08 Å². The minimum atomic E-state index is -0.586. The van der Waals surface area contributed by atoms with E-state index in [0.717, 1.165) is 27.7 Å². The highest BCUT2D eigenvalue weighted by atomic mass is 16.5. The lowest BCUT2D eigenvalue weighted by Gasteiger charge is -2.05. The van der Waals surface area contributed by atoms with E-state index in [1.54, 1.807) is 19.3 Å². The summed E-state index contributed by atoms with van der Waals surface area (Å²) in [6, 6.07) is 24.5. The van der Waals surface area contributed by atoms with Gasteiger partial charge in [0, 0.05) is 17.0 Å². The Bertz CT molecular complexity index is 1250. The molecule has 4 aromatic rings. The molecular weight excluding hydrogens is 390 g/mol. The van der Waals surface area contributed by atoms with Crippen LogP contribution in [0.1, 0.15) is 15.9 Å². The van der Waals surface area contributed by atoms with Gasteiger partial charge in [-0.3, -0.25) is 4.79 Å². The van der Waals surface area contributed by atoms with Gasteiger partial charge in [0.05, 0.1) is 18.4 Å². The van der Waals surface area contributed by atoms with E-state index in [9.17, 15) is 9.59 Å². The van der Waals surface area contributed by atoms with E-state index < -0.39 is 5.97 Å². The normalized spacial score (nSPS) is 11.0. The van der Waals surface area contributed by atoms with Crippen LogP contribution in [0.5, 0.6) is 5.75 Å². The summed E-state index contributed by atoms with van der Waals surface area (Å²) < 4.78 is 10.4. The Labute approximate surface area is 179 Å². The maximum Gasteiger partial charge on any atom is 0.331 e. The molecule has 0 saturated carbocycles. The third-order valence-electron chi connectivity index (χ3n) is 4.90. The Morgan fingerprint density at radius 3 is 2.52 bits per heavy atom. The lowest BCUT2D eigenvalue weighted by Crippen LogP contribution is -2.13. The number of methoxy groups -OCH3 is 1. The molecule has 1 heterocycles. The van der Waals surface area contributed by atoms with Gasteiger partial charge in [0.1, 0.15) is 5.75 Å². The molecule has 3 aromatic carbocycles. The van der Waals surface area contributed by atoms with E-state index in [0.29, 0.717) is 11.3 Å². The molecule has 0 aliphatic heterocycles. The first-order valence-corrected chi connectivity index (χ1v) is 9.84. The number of carbonyl (C=O) groups is 2. The number of benzene rings is 3. The molecule has 0 spiro atoms. The van der Waals surface area contributed by atoms with Crippen LogP contribution in [-0.2, 0) is 9.53 Å². The van der Waals surface area contributed by atoms with Gasteiger partial charge in [0.2, 0.25) is 5.78 Å². The molecule has 0 amide bonds. The highest BCUT2D eigenvalue weighted by molar-refractivity contribution is 6.14. The van der Waals surface area contributed by atoms with Gasteiger partial charge in [-0.05, 0) is 35.4 Å². The van der Waals surface area contributed by atoms with Gasteiger partial charge in [-0.2, -0.15) is 0 Å². The highest BCUT2D eigenvalue weighted by Gasteiger charge is 2.20. The number of H-pyrrole nitrogens is 1. The summed E-state index contributed by atoms with van der Waals surface area (Å²) in [5.41, 5.74) is 3.78. The molecule has 154 valence electrons. The standard InChI is InChI=1S/C26H21NO4/c1-30-20-11-7-8-18(16-20)14-15-24(29)31-17-23(28)25-21-12-5-6-13-22(21)27-26(25)19-9-3-2-4-10-19/h2-16,27H,17H2,1H3/b15-14+. The summed E-state index contributed by atoms with van der Waals surface area (Å²) >= 11 is 0. The number of hydrogen-bond donors (Lipinski definition) is 1. The van der Waals surface area contributed by atoms with E-state index in [4.69, 9.17) is 9.47 Å². The number of para-hydroxylation sites is 1. The van der Waals surface area contributed by atoms with Gasteiger partial charge >= 0.3 is 5.97 Å². The molecule has 0 fully saturated rings. The second-order valence-electron chi connectivity index (χ2n) is 6.93. The second-order valence-corrected chi connectivity index (χ2v) is 6.93. The molecule has 0 saturated heterocycles. The van der Waals surface area contributed by atoms with Crippen molar-refractivity contribution in [3.05, 3.63) is 96.1 Å². The van der Waals surface area contributed by atoms with Crippen LogP contribution in [0.15, 0.2) is 84.9 Å². The van der Waals surface area contributed by atoms with Gasteiger partial charge in [-0.1, -0.05) is 60.7 Å². The third-order valence-corrected chi connectivity index (χ3v) is 4.90. The minimum Gasteiger partial charge on any atom is -0.497 e. The third kappa shape index (κ3) is 4.56. The van der Waals surface area contributed by atoms with Crippen molar-refractivity contribution in [2.75, 3.05) is 13.7 Å². The molecule has 4 rings (SSSR count). The molecule has 5 nitrogen and oxygen atoms in total. The Kier molecular flexibility index (Phi) is 5.94. The fraction of sp³-hybridized carbons (Fsp3) is 0.0769. The van der Waals surface area contributed by atoms with Crippen molar-refractivity contribution in [1.29, 1.82) is 0 Å². The van der Waals surface area contributed by atoms with Crippen molar-refractivity contribution in [2.45, 2.75) is 0 Å². The van der Waals surface area contributed by atoms with E-state index in [2.05, 4.69) is 4.98 Å². The molecule has 0 atom stereocenters. The average molecular weight is 411 g/mol. The van der Waals surface area contributed by atoms with Crippen LogP contribution < -0.4 is 4.74 Å². The number of aromatic nitrogens is 1. The number of ketones is 1. The quantitative estimate of drug-likeness (QED) is 0.255. The van der Waals surface area contributed by atoms with Crippen LogP contribution in [-0.4, -0.2) is 30.5 Å². The van der Waals surface area contributed by atoms with Gasteiger partial charge in [-0.25, -0.2) is 4.79 Å². The number of Topliss-reactive ketones (excluding diaryl/α,β-unsaturated/α-hetero) is 1. The molecule has 5 heteroatoms. The number of carbonyl (C=O) groups excluding carboxylic acids is 2. The lowest BCUT2D eigenvalue weighted by molar-refractivity contribution is -0.136. The molecule has 0 aliphatic carbocycles. The minimum absolute atomic E-state index is 0.264. The van der Waals surface area contributed by atoms with Gasteiger partial charge in [0.15, 0.2) is 6.61 Å². The monoisotopic (exact) mass is 411 g/mol. The smallest absolute Gasteiger partial charge is 0.331 e. The van der Waals surface area contributed by atoms with Gasteiger partial charge in [0.25, 0.3) is 0 Å². The number of rotatable bonds is 7. The van der Waals surface area contributed by atoms with Crippen molar-refractivity contribution >= 4 is 28.7 Å². The summed E-state index contributed by atoms with van der Waals surface area (Å²) in [4.78, 5) is 28.5. The van der Waals surface area contributed by atoms with E-state index >= 15 is 0 Å². The fourth-order valence-corrected chi connectivity index (χ4v) is 3.42. The summed E-state index contributed by atoms with van der Waals surface area (Å²) in [5, 5.41) is 0.800. The lowest BCUT2D eigenvalue weighted by atomic mass is 10.0. The molecular formula is C26H21NO4. The first-order valence-electron chi connectivity index (χ1n) is 9.84. The molecule has 31 heavy (non-hydrogen) atoms. The SMILES string of the molecule is COc1cccc(/C=C/C(=O)OCC(=O)c2c(-c3ccccc3)[nH]c3ccccc23)c1. The Morgan fingerprint density at radius 2 is 1.71 bits per heavy atom. The number of nitrogens with one attached hydrogen (secondary N) is 1. The van der Waals surface area contributed by atoms with Crippen LogP contribution in [0.3, 0.4) is 0 Å². The predicted octanol–water partition coefficient (Wildman–Crippen LogP) is 5.28. The van der Waals surface area contributed by atoms with Crippen molar-refractivity contribution in [3.63, 3.8) is 0 Å². The van der Waals surface area contributed by atoms with Crippen molar-refractivity contribution in [3.8, 4) is 17.0 Å². The first-order chi connectivity index (χ1) is 15.2. The molecule has 0 unspecified atom stereocenters. The summed E-state index contributed by atoms with van der Waals surface area (Å²) in [5.74, 6) is -0.157. The maximum absolute atomic E-state index is 13.0. The average Bonchev–Trinajstić information content (AvgIpc) is 3.21. The number of fused-ring (bicyclic) bond motifs is 1. The molecule has 0 bridgehead atoms. The van der Waals surface area contributed by atoms with Crippen molar-refractivity contribution in [2.24, 2.45) is 0 Å². The van der Waals surface area contributed by atoms with E-state index in [-0.39, 0.29) is 12.4 Å². The molecule has 0 aliphatic rings. The predicted molar refractivity (Wildman–Crippen MR) is 121 cm³/mol. The van der Waals surface area contributed by atoms with Crippen molar-refractivity contribution < 1.29 is 19.1 Å². The molecule has 1 aromatic heterocycles. The molecule has 1 N–H and O–H groups in total. The second kappa shape index (κ2) is 9.13. The Hall–Kier alpha value is -4.12. The molecule has 0 radical (unpaired) electrons. The summed E-state index contributed by atoms with van der Waals surface area (Å²) in [7, 11) is 1.58. The van der Waals surface area contributed by atoms with Gasteiger partial charge in [-0.15, -0.1) is 0 Å². The van der Waals surface area contributed by atoms with Crippen LogP contribution >= 0.6 is 0 Å². The highest BCUT2D eigenvalue weighted by Crippen LogP contribution is 2.30. The van der Waals surface area contributed by atoms with Crippen LogP contribution in [0, 0.1) is 0 Å². The zero-order chi connectivity index (χ0) is 21.6. The van der Waals surface area contributed by atoms with Crippen molar-refractivity contribution in [1.82, 2.24) is 4.98 Å². The van der Waals surface area contributed by atoms with Crippen LogP contribution in [0.25, 0.3) is 28.2 Å². The largest absolute Gasteiger partial charge is 0.497 e. The number of esters is 1. The summed E-state index contributed by atoms with van der Waals surface area (Å²) in [6.45, 7) is -0.344. The summed E-state index contributed by atoms with van der Waals surface area (Å²) in [6.07, 6.45) is 2.92. The van der Waals surface area contributed by atoms with E-state index in [1.807, 2.05) is 72.8 Å².